The van der Waals surface area contributed by atoms with Crippen molar-refractivity contribution in [2.24, 2.45) is 0 Å². The molecule has 0 amide bonds. The summed E-state index contributed by atoms with van der Waals surface area (Å²) in [6.07, 6.45) is 0. The van der Waals surface area contributed by atoms with E-state index in [1.165, 1.54) is 85.6 Å². The molecule has 1 heteroatoms. The zero-order valence-electron chi connectivity index (χ0n) is 23.3. The molecule has 0 bridgehead atoms. The second-order valence-corrected chi connectivity index (χ2v) is 11.6. The molecule has 0 radical (unpaired) electrons. The van der Waals surface area contributed by atoms with Gasteiger partial charge >= 0.3 is 0 Å². The fraction of sp³-hybridized carbons (Fsp3) is 0.162. The maximum absolute atomic E-state index is 2.32. The van der Waals surface area contributed by atoms with Crippen LogP contribution in [0.25, 0.3) is 22.3 Å². The van der Waals surface area contributed by atoms with Gasteiger partial charge in [0.2, 0.25) is 0 Å². The van der Waals surface area contributed by atoms with Crippen LogP contribution in [0.3, 0.4) is 0 Å². The molecule has 0 nitrogen and oxygen atoms in total. The smallest absolute Gasteiger partial charge is 0.0181 e. The predicted octanol–water partition coefficient (Wildman–Crippen LogP) is 9.71. The van der Waals surface area contributed by atoms with Crippen molar-refractivity contribution in [1.82, 2.24) is 0 Å². The minimum absolute atomic E-state index is 1.20. The number of benzene rings is 5. The van der Waals surface area contributed by atoms with E-state index in [2.05, 4.69) is 145 Å². The molecular formula is C37H35P. The summed E-state index contributed by atoms with van der Waals surface area (Å²) in [4.78, 5) is 0. The summed E-state index contributed by atoms with van der Waals surface area (Å²) in [5.74, 6) is 0. The minimum Gasteiger partial charge on any atom is -0.0622 e. The second-order valence-electron chi connectivity index (χ2n) is 10.4. The van der Waals surface area contributed by atoms with Crippen LogP contribution in [0.1, 0.15) is 44.5 Å². The highest BCUT2D eigenvalue weighted by molar-refractivity contribution is 7.51. The first kappa shape index (κ1) is 25.9. The Morgan fingerprint density at radius 2 is 0.816 bits per heavy atom. The molecule has 5 aromatic rings. The molecule has 0 aliphatic heterocycles. The van der Waals surface area contributed by atoms with Crippen molar-refractivity contribution in [2.45, 2.75) is 41.5 Å². The molecule has 188 valence electrons. The quantitative estimate of drug-likeness (QED) is 0.206. The van der Waals surface area contributed by atoms with E-state index >= 15 is 0 Å². The van der Waals surface area contributed by atoms with E-state index in [0.717, 1.165) is 0 Å². The molecule has 0 aromatic heterocycles. The molecule has 0 N–H and O–H groups in total. The van der Waals surface area contributed by atoms with E-state index in [9.17, 15) is 0 Å². The minimum atomic E-state index is 1.20. The lowest BCUT2D eigenvalue weighted by atomic mass is 9.89. The molecule has 0 heterocycles. The van der Waals surface area contributed by atoms with Crippen LogP contribution in [0.2, 0.25) is 0 Å². The van der Waals surface area contributed by atoms with Gasteiger partial charge in [-0.05, 0) is 97.2 Å². The van der Waals surface area contributed by atoms with Gasteiger partial charge in [-0.15, -0.1) is 0 Å². The van der Waals surface area contributed by atoms with Crippen molar-refractivity contribution in [2.75, 3.05) is 0 Å². The largest absolute Gasteiger partial charge is 0.0622 e. The molecule has 0 spiro atoms. The van der Waals surface area contributed by atoms with E-state index in [4.69, 9.17) is 0 Å². The summed E-state index contributed by atoms with van der Waals surface area (Å²) in [6, 6.07) is 37.9. The third-order valence-corrected chi connectivity index (χ3v) is 8.69. The Balaban J connectivity index is 1.91. The van der Waals surface area contributed by atoms with Gasteiger partial charge in [0.25, 0.3) is 0 Å². The van der Waals surface area contributed by atoms with Gasteiger partial charge in [0.1, 0.15) is 0 Å². The van der Waals surface area contributed by atoms with Gasteiger partial charge in [-0.3, -0.25) is 0 Å². The van der Waals surface area contributed by atoms with Crippen molar-refractivity contribution < 1.29 is 0 Å². The first-order valence-corrected chi connectivity index (χ1v) is 14.2. The molecular weight excluding hydrogens is 475 g/mol. The highest BCUT2D eigenvalue weighted by Crippen LogP contribution is 2.36. The van der Waals surface area contributed by atoms with Crippen LogP contribution in [-0.2, 0) is 0 Å². The zero-order valence-corrected chi connectivity index (χ0v) is 24.2. The van der Waals surface area contributed by atoms with E-state index < -0.39 is 0 Å². The predicted molar refractivity (Wildman–Crippen MR) is 168 cm³/mol. The number of rotatable bonds is 5. The molecule has 5 aromatic carbocycles. The SMILES string of the molecule is Cc1cc(C)c(-c2cccc(-c3c(C)cc(C)cc3C)c2P=C(c2ccccc2)c2ccccc2)c(C)c1. The zero-order chi connectivity index (χ0) is 26.8. The maximum atomic E-state index is 2.32. The van der Waals surface area contributed by atoms with Crippen LogP contribution in [0.4, 0.5) is 0 Å². The number of hydrogen-bond donors (Lipinski definition) is 0. The Morgan fingerprint density at radius 3 is 1.18 bits per heavy atom. The van der Waals surface area contributed by atoms with Crippen LogP contribution >= 0.6 is 8.20 Å². The monoisotopic (exact) mass is 510 g/mol. The van der Waals surface area contributed by atoms with Gasteiger partial charge in [0.15, 0.2) is 0 Å². The van der Waals surface area contributed by atoms with Gasteiger partial charge in [-0.25, -0.2) is 0 Å². The Morgan fingerprint density at radius 1 is 0.447 bits per heavy atom. The lowest BCUT2D eigenvalue weighted by Crippen LogP contribution is -2.10. The van der Waals surface area contributed by atoms with Crippen LogP contribution in [0, 0.1) is 41.5 Å². The number of hydrogen-bond acceptors (Lipinski definition) is 0. The highest BCUT2D eigenvalue weighted by atomic mass is 31.1. The lowest BCUT2D eigenvalue weighted by Gasteiger charge is -2.20. The van der Waals surface area contributed by atoms with Crippen molar-refractivity contribution >= 4 is 18.8 Å². The molecule has 0 saturated heterocycles. The molecule has 0 fully saturated rings. The average Bonchev–Trinajstić information content (AvgIpc) is 2.88. The number of aryl methyl sites for hydroxylation is 6. The van der Waals surface area contributed by atoms with Crippen LogP contribution in [-0.4, -0.2) is 5.29 Å². The fourth-order valence-corrected chi connectivity index (χ4v) is 7.27. The maximum Gasteiger partial charge on any atom is 0.0181 e. The third kappa shape index (κ3) is 5.15. The molecule has 0 atom stereocenters. The molecule has 5 rings (SSSR count). The van der Waals surface area contributed by atoms with Crippen LogP contribution < -0.4 is 5.30 Å². The van der Waals surface area contributed by atoms with E-state index in [0.29, 0.717) is 0 Å². The van der Waals surface area contributed by atoms with Gasteiger partial charge in [0.05, 0.1) is 0 Å². The van der Waals surface area contributed by atoms with Crippen molar-refractivity contribution in [1.29, 1.82) is 0 Å². The summed E-state index contributed by atoms with van der Waals surface area (Å²) in [5, 5.41) is 2.69. The summed E-state index contributed by atoms with van der Waals surface area (Å²) in [5.41, 5.74) is 15.8. The second kappa shape index (κ2) is 10.9. The van der Waals surface area contributed by atoms with E-state index in [1.807, 2.05) is 0 Å². The summed E-state index contributed by atoms with van der Waals surface area (Å²) < 4.78 is 0. The fourth-order valence-electron chi connectivity index (χ4n) is 5.88. The first-order valence-electron chi connectivity index (χ1n) is 13.3. The normalized spacial score (nSPS) is 11.1. The van der Waals surface area contributed by atoms with E-state index in [-0.39, 0.29) is 0 Å². The van der Waals surface area contributed by atoms with Crippen molar-refractivity contribution in [3.63, 3.8) is 0 Å². The van der Waals surface area contributed by atoms with Gasteiger partial charge in [0, 0.05) is 10.6 Å². The molecule has 0 unspecified atom stereocenters. The van der Waals surface area contributed by atoms with Gasteiger partial charge in [-0.1, -0.05) is 122 Å². The van der Waals surface area contributed by atoms with E-state index in [1.54, 1.807) is 0 Å². The topological polar surface area (TPSA) is 0 Å². The Bertz CT molecular complexity index is 1480. The highest BCUT2D eigenvalue weighted by Gasteiger charge is 2.19. The van der Waals surface area contributed by atoms with Gasteiger partial charge < -0.3 is 0 Å². The van der Waals surface area contributed by atoms with Crippen LogP contribution in [0.5, 0.6) is 0 Å². The molecule has 0 saturated carbocycles. The summed E-state index contributed by atoms with van der Waals surface area (Å²) in [7, 11) is 1.20. The van der Waals surface area contributed by atoms with Gasteiger partial charge in [-0.2, -0.15) is 0 Å². The molecule has 38 heavy (non-hydrogen) atoms. The average molecular weight is 511 g/mol. The third-order valence-electron chi connectivity index (χ3n) is 7.25. The Labute approximate surface area is 229 Å². The Hall–Kier alpha value is -3.73. The summed E-state index contributed by atoms with van der Waals surface area (Å²) >= 11 is 0. The van der Waals surface area contributed by atoms with Crippen molar-refractivity contribution in [3.05, 3.63) is 148 Å². The molecule has 0 aliphatic rings. The first-order chi connectivity index (χ1) is 18.3. The lowest BCUT2D eigenvalue weighted by molar-refractivity contribution is 1.32. The van der Waals surface area contributed by atoms with Crippen LogP contribution in [0.15, 0.2) is 103 Å². The standard InChI is InChI=1S/C37H35P/c1-24-20-26(3)34(27(4)21-24)32-18-13-19-33(35-28(5)22-25(2)23-29(35)6)37(32)38-36(30-14-9-7-10-15-30)31-16-11-8-12-17-31/h7-23H,1-6H3. The summed E-state index contributed by atoms with van der Waals surface area (Å²) in [6.45, 7) is 13.4. The Kier molecular flexibility index (Phi) is 7.46. The van der Waals surface area contributed by atoms with Crippen molar-refractivity contribution in [3.8, 4) is 22.3 Å². The molecule has 0 aliphatic carbocycles.